The van der Waals surface area contributed by atoms with Gasteiger partial charge in [-0.15, -0.1) is 0 Å². The zero-order chi connectivity index (χ0) is 13.9. The molecule has 2 heterocycles. The van der Waals surface area contributed by atoms with Gasteiger partial charge in [-0.1, -0.05) is 6.92 Å². The molecule has 0 aliphatic carbocycles. The average Bonchev–Trinajstić information content (AvgIpc) is 2.41. The van der Waals surface area contributed by atoms with Gasteiger partial charge in [0.2, 0.25) is 5.91 Å². The summed E-state index contributed by atoms with van der Waals surface area (Å²) in [6.07, 6.45) is 4.80. The molecule has 2 aliphatic heterocycles. The lowest BCUT2D eigenvalue weighted by atomic mass is 9.80. The van der Waals surface area contributed by atoms with E-state index in [4.69, 9.17) is 0 Å². The first-order valence-corrected chi connectivity index (χ1v) is 7.66. The maximum Gasteiger partial charge on any atom is 0.219 e. The Morgan fingerprint density at radius 2 is 1.79 bits per heavy atom. The first-order chi connectivity index (χ1) is 8.98. The summed E-state index contributed by atoms with van der Waals surface area (Å²) in [5.41, 5.74) is 0.463. The summed E-state index contributed by atoms with van der Waals surface area (Å²) in [5, 5.41) is 3.75. The molecular weight excluding hydrogens is 238 g/mol. The van der Waals surface area contributed by atoms with Gasteiger partial charge in [0, 0.05) is 32.6 Å². The molecule has 0 saturated carbocycles. The van der Waals surface area contributed by atoms with E-state index in [2.05, 4.69) is 24.2 Å². The van der Waals surface area contributed by atoms with E-state index < -0.39 is 0 Å². The summed E-state index contributed by atoms with van der Waals surface area (Å²) in [6.45, 7) is 9.51. The normalized spacial score (nSPS) is 25.5. The van der Waals surface area contributed by atoms with Crippen molar-refractivity contribution in [1.82, 2.24) is 15.1 Å². The zero-order valence-electron chi connectivity index (χ0n) is 12.7. The molecule has 1 amide bonds. The Morgan fingerprint density at radius 3 is 2.32 bits per heavy atom. The van der Waals surface area contributed by atoms with Crippen LogP contribution in [0.2, 0.25) is 0 Å². The fraction of sp³-hybridized carbons (Fsp3) is 0.933. The van der Waals surface area contributed by atoms with Crippen LogP contribution in [0.4, 0.5) is 0 Å². The number of carbonyl (C=O) groups is 1. The van der Waals surface area contributed by atoms with Gasteiger partial charge in [0.1, 0.15) is 0 Å². The van der Waals surface area contributed by atoms with Crippen LogP contribution in [0.5, 0.6) is 0 Å². The molecular formula is C15H29N3O. The number of nitrogens with zero attached hydrogens (tertiary/aromatic N) is 2. The lowest BCUT2D eigenvalue weighted by molar-refractivity contribution is -0.129. The van der Waals surface area contributed by atoms with Crippen LogP contribution in [0, 0.1) is 5.41 Å². The lowest BCUT2D eigenvalue weighted by Gasteiger charge is -2.40. The molecule has 0 spiro atoms. The fourth-order valence-corrected chi connectivity index (χ4v) is 3.12. The van der Waals surface area contributed by atoms with Crippen molar-refractivity contribution in [2.45, 2.75) is 45.6 Å². The maximum absolute atomic E-state index is 11.3. The van der Waals surface area contributed by atoms with Gasteiger partial charge >= 0.3 is 0 Å². The Balaban J connectivity index is 1.70. The number of hydrogen-bond acceptors (Lipinski definition) is 3. The van der Waals surface area contributed by atoms with Crippen LogP contribution in [0.25, 0.3) is 0 Å². The number of amides is 1. The van der Waals surface area contributed by atoms with Gasteiger partial charge in [-0.3, -0.25) is 4.79 Å². The number of hydrogen-bond donors (Lipinski definition) is 1. The smallest absolute Gasteiger partial charge is 0.219 e. The van der Waals surface area contributed by atoms with Crippen molar-refractivity contribution in [2.75, 3.05) is 39.8 Å². The number of piperidine rings is 2. The molecule has 2 saturated heterocycles. The van der Waals surface area contributed by atoms with Crippen LogP contribution in [-0.2, 0) is 4.79 Å². The Morgan fingerprint density at radius 1 is 1.21 bits per heavy atom. The molecule has 4 nitrogen and oxygen atoms in total. The minimum absolute atomic E-state index is 0.223. The van der Waals surface area contributed by atoms with E-state index in [1.165, 1.54) is 25.9 Å². The Hall–Kier alpha value is -0.610. The van der Waals surface area contributed by atoms with Gasteiger partial charge in [-0.2, -0.15) is 0 Å². The molecule has 0 radical (unpaired) electrons. The third kappa shape index (κ3) is 4.18. The standard InChI is InChI=1S/C15H29N3O/c1-13(19)18-8-4-14(5-9-18)16-12-15(2)6-10-17(3)11-7-15/h14,16H,4-12H2,1-3H3. The topological polar surface area (TPSA) is 35.6 Å². The highest BCUT2D eigenvalue weighted by molar-refractivity contribution is 5.73. The first-order valence-electron chi connectivity index (χ1n) is 7.66. The Kier molecular flexibility index (Phi) is 4.85. The van der Waals surface area contributed by atoms with Crippen LogP contribution >= 0.6 is 0 Å². The molecule has 2 fully saturated rings. The van der Waals surface area contributed by atoms with Crippen LogP contribution in [0.3, 0.4) is 0 Å². The predicted molar refractivity (Wildman–Crippen MR) is 78.1 cm³/mol. The average molecular weight is 267 g/mol. The highest BCUT2D eigenvalue weighted by Crippen LogP contribution is 2.29. The van der Waals surface area contributed by atoms with Crippen LogP contribution in [0.15, 0.2) is 0 Å². The second kappa shape index (κ2) is 6.23. The van der Waals surface area contributed by atoms with E-state index in [9.17, 15) is 4.79 Å². The van der Waals surface area contributed by atoms with Crippen LogP contribution in [0.1, 0.15) is 39.5 Å². The van der Waals surface area contributed by atoms with Gasteiger partial charge in [0.15, 0.2) is 0 Å². The quantitative estimate of drug-likeness (QED) is 0.838. The van der Waals surface area contributed by atoms with Crippen molar-refractivity contribution in [3.8, 4) is 0 Å². The first kappa shape index (κ1) is 14.8. The van der Waals surface area contributed by atoms with Crippen LogP contribution in [-0.4, -0.2) is 61.5 Å². The molecule has 2 aliphatic rings. The van der Waals surface area contributed by atoms with Crippen molar-refractivity contribution >= 4 is 5.91 Å². The van der Waals surface area contributed by atoms with E-state index in [0.29, 0.717) is 11.5 Å². The van der Waals surface area contributed by atoms with E-state index in [0.717, 1.165) is 32.5 Å². The predicted octanol–water partition coefficient (Wildman–Crippen LogP) is 1.32. The molecule has 110 valence electrons. The Bertz CT molecular complexity index is 303. The minimum Gasteiger partial charge on any atom is -0.343 e. The van der Waals surface area contributed by atoms with Crippen molar-refractivity contribution in [2.24, 2.45) is 5.41 Å². The van der Waals surface area contributed by atoms with Gasteiger partial charge < -0.3 is 15.1 Å². The second-order valence-electron chi connectivity index (χ2n) is 6.78. The molecule has 1 N–H and O–H groups in total. The van der Waals surface area contributed by atoms with E-state index in [-0.39, 0.29) is 5.91 Å². The summed E-state index contributed by atoms with van der Waals surface area (Å²) in [4.78, 5) is 15.7. The summed E-state index contributed by atoms with van der Waals surface area (Å²) >= 11 is 0. The van der Waals surface area contributed by atoms with E-state index in [1.54, 1.807) is 6.92 Å². The summed E-state index contributed by atoms with van der Waals surface area (Å²) < 4.78 is 0. The highest BCUT2D eigenvalue weighted by atomic mass is 16.2. The molecule has 19 heavy (non-hydrogen) atoms. The number of carbonyl (C=O) groups excluding carboxylic acids is 1. The van der Waals surface area contributed by atoms with Gasteiger partial charge in [-0.05, 0) is 51.2 Å². The van der Waals surface area contributed by atoms with Crippen molar-refractivity contribution in [3.05, 3.63) is 0 Å². The number of likely N-dealkylation sites (tertiary alicyclic amines) is 2. The molecule has 0 aromatic heterocycles. The van der Waals surface area contributed by atoms with Crippen molar-refractivity contribution < 1.29 is 4.79 Å². The Labute approximate surface area is 117 Å². The largest absolute Gasteiger partial charge is 0.343 e. The molecule has 0 unspecified atom stereocenters. The van der Waals surface area contributed by atoms with E-state index in [1.807, 2.05) is 4.90 Å². The fourth-order valence-electron chi connectivity index (χ4n) is 3.12. The lowest BCUT2D eigenvalue weighted by Crippen LogP contribution is -2.48. The third-order valence-electron chi connectivity index (χ3n) is 4.95. The molecule has 0 bridgehead atoms. The minimum atomic E-state index is 0.223. The summed E-state index contributed by atoms with van der Waals surface area (Å²) in [5.74, 6) is 0.223. The molecule has 0 aromatic carbocycles. The zero-order valence-corrected chi connectivity index (χ0v) is 12.7. The maximum atomic E-state index is 11.3. The van der Waals surface area contributed by atoms with Crippen molar-refractivity contribution in [1.29, 1.82) is 0 Å². The SMILES string of the molecule is CC(=O)N1CCC(NCC2(C)CCN(C)CC2)CC1. The molecule has 0 atom stereocenters. The van der Waals surface area contributed by atoms with Crippen LogP contribution < -0.4 is 5.32 Å². The van der Waals surface area contributed by atoms with E-state index >= 15 is 0 Å². The molecule has 2 rings (SSSR count). The van der Waals surface area contributed by atoms with Crippen molar-refractivity contribution in [3.63, 3.8) is 0 Å². The monoisotopic (exact) mass is 267 g/mol. The second-order valence-corrected chi connectivity index (χ2v) is 6.78. The third-order valence-corrected chi connectivity index (χ3v) is 4.95. The number of nitrogens with one attached hydrogen (secondary N) is 1. The highest BCUT2D eigenvalue weighted by Gasteiger charge is 2.30. The van der Waals surface area contributed by atoms with Gasteiger partial charge in [-0.25, -0.2) is 0 Å². The summed E-state index contributed by atoms with van der Waals surface area (Å²) in [7, 11) is 2.21. The van der Waals surface area contributed by atoms with Gasteiger partial charge in [0.05, 0.1) is 0 Å². The van der Waals surface area contributed by atoms with Gasteiger partial charge in [0.25, 0.3) is 0 Å². The molecule has 4 heteroatoms. The number of rotatable bonds is 3. The molecule has 0 aromatic rings. The summed E-state index contributed by atoms with van der Waals surface area (Å²) in [6, 6.07) is 0.604.